The third-order valence-electron chi connectivity index (χ3n) is 6.48. The maximum atomic E-state index is 10.6. The van der Waals surface area contributed by atoms with Crippen molar-refractivity contribution in [1.29, 1.82) is 0 Å². The molecule has 0 aromatic carbocycles. The SMILES string of the molecule is CC(C)(O)[C@@H]1OC2(CCC3(CC2)O[C@@H](C(C)(C)O)[C@H](C(C)(C)O)O3)O[C@H]1C(C)(C)O. The van der Waals surface area contributed by atoms with Crippen LogP contribution in [-0.4, -0.2) is 78.8 Å². The molecule has 0 radical (unpaired) electrons. The predicted molar refractivity (Wildman–Crippen MR) is 109 cm³/mol. The van der Waals surface area contributed by atoms with Crippen molar-refractivity contribution in [2.75, 3.05) is 0 Å². The third-order valence-corrected chi connectivity index (χ3v) is 6.48. The lowest BCUT2D eigenvalue weighted by Gasteiger charge is -2.41. The third kappa shape index (κ3) is 4.57. The van der Waals surface area contributed by atoms with Gasteiger partial charge in [0, 0.05) is 25.7 Å². The summed E-state index contributed by atoms with van der Waals surface area (Å²) in [5.74, 6) is -1.91. The van der Waals surface area contributed by atoms with Gasteiger partial charge in [-0.15, -0.1) is 0 Å². The summed E-state index contributed by atoms with van der Waals surface area (Å²) in [6.07, 6.45) is -1.02. The Morgan fingerprint density at radius 1 is 0.467 bits per heavy atom. The van der Waals surface area contributed by atoms with E-state index in [-0.39, 0.29) is 0 Å². The normalized spacial score (nSPS) is 34.8. The van der Waals surface area contributed by atoms with Crippen molar-refractivity contribution < 1.29 is 39.4 Å². The van der Waals surface area contributed by atoms with E-state index >= 15 is 0 Å². The van der Waals surface area contributed by atoms with E-state index in [4.69, 9.17) is 18.9 Å². The Bertz CT molecular complexity index is 521. The largest absolute Gasteiger partial charge is 0.388 e. The van der Waals surface area contributed by atoms with Crippen molar-refractivity contribution >= 4 is 0 Å². The Morgan fingerprint density at radius 3 is 0.767 bits per heavy atom. The van der Waals surface area contributed by atoms with Gasteiger partial charge in [-0.1, -0.05) is 0 Å². The topological polar surface area (TPSA) is 118 Å². The lowest BCUT2D eigenvalue weighted by molar-refractivity contribution is -0.278. The molecule has 2 spiro atoms. The van der Waals surface area contributed by atoms with Crippen LogP contribution in [0.15, 0.2) is 0 Å². The number of ether oxygens (including phenoxy) is 4. The average molecular weight is 433 g/mol. The molecule has 0 bridgehead atoms. The van der Waals surface area contributed by atoms with Gasteiger partial charge in [0.1, 0.15) is 24.4 Å². The molecule has 1 saturated carbocycles. The Hall–Kier alpha value is -0.320. The lowest BCUT2D eigenvalue weighted by Crippen LogP contribution is -2.51. The van der Waals surface area contributed by atoms with Gasteiger partial charge in [0.2, 0.25) is 0 Å². The van der Waals surface area contributed by atoms with Crippen LogP contribution < -0.4 is 0 Å². The van der Waals surface area contributed by atoms with Gasteiger partial charge >= 0.3 is 0 Å². The van der Waals surface area contributed by atoms with Crippen LogP contribution in [0.25, 0.3) is 0 Å². The van der Waals surface area contributed by atoms with Gasteiger partial charge in [0.05, 0.1) is 22.4 Å². The molecule has 1 aliphatic carbocycles. The molecule has 3 rings (SSSR count). The van der Waals surface area contributed by atoms with Crippen LogP contribution in [0.5, 0.6) is 0 Å². The van der Waals surface area contributed by atoms with Crippen molar-refractivity contribution in [3.8, 4) is 0 Å². The van der Waals surface area contributed by atoms with Crippen LogP contribution in [0.1, 0.15) is 81.1 Å². The molecule has 4 atom stereocenters. The molecule has 8 heteroatoms. The highest BCUT2D eigenvalue weighted by molar-refractivity contribution is 5.05. The summed E-state index contributed by atoms with van der Waals surface area (Å²) in [6.45, 7) is 13.2. The fourth-order valence-electron chi connectivity index (χ4n) is 4.77. The van der Waals surface area contributed by atoms with E-state index in [0.29, 0.717) is 25.7 Å². The van der Waals surface area contributed by atoms with Gasteiger partial charge in [-0.05, 0) is 55.4 Å². The minimum absolute atomic E-state index is 0.434. The Balaban J connectivity index is 1.79. The van der Waals surface area contributed by atoms with Crippen molar-refractivity contribution in [2.45, 2.75) is 139 Å². The molecule has 2 aliphatic heterocycles. The smallest absolute Gasteiger partial charge is 0.169 e. The van der Waals surface area contributed by atoms with E-state index < -0.39 is 58.4 Å². The van der Waals surface area contributed by atoms with Crippen LogP contribution in [0.4, 0.5) is 0 Å². The van der Waals surface area contributed by atoms with Gasteiger partial charge < -0.3 is 39.4 Å². The molecule has 4 N–H and O–H groups in total. The molecule has 8 nitrogen and oxygen atoms in total. The van der Waals surface area contributed by atoms with E-state index in [1.807, 2.05) is 0 Å². The molecule has 0 unspecified atom stereocenters. The molecule has 0 aromatic rings. The summed E-state index contributed by atoms with van der Waals surface area (Å²) in [4.78, 5) is 0. The average Bonchev–Trinajstić information content (AvgIpc) is 3.09. The van der Waals surface area contributed by atoms with Gasteiger partial charge in [-0.3, -0.25) is 0 Å². The second-order valence-electron chi connectivity index (χ2n) is 11.6. The van der Waals surface area contributed by atoms with E-state index in [0.717, 1.165) is 0 Å². The fourth-order valence-corrected chi connectivity index (χ4v) is 4.77. The van der Waals surface area contributed by atoms with E-state index in [2.05, 4.69) is 0 Å². The van der Waals surface area contributed by atoms with Gasteiger partial charge in [0.25, 0.3) is 0 Å². The number of rotatable bonds is 4. The first-order chi connectivity index (χ1) is 13.3. The van der Waals surface area contributed by atoms with Gasteiger partial charge in [-0.25, -0.2) is 0 Å². The summed E-state index contributed by atoms with van der Waals surface area (Å²) in [5, 5.41) is 42.4. The fraction of sp³-hybridized carbons (Fsp3) is 1.00. The Kier molecular flexibility index (Phi) is 5.75. The summed E-state index contributed by atoms with van der Waals surface area (Å²) in [5.41, 5.74) is -4.77. The molecule has 2 heterocycles. The van der Waals surface area contributed by atoms with E-state index in [9.17, 15) is 20.4 Å². The monoisotopic (exact) mass is 432 g/mol. The van der Waals surface area contributed by atoms with Crippen LogP contribution in [0.2, 0.25) is 0 Å². The molecule has 3 fully saturated rings. The van der Waals surface area contributed by atoms with Crippen LogP contribution in [0, 0.1) is 0 Å². The van der Waals surface area contributed by atoms with Crippen LogP contribution in [-0.2, 0) is 18.9 Å². The maximum Gasteiger partial charge on any atom is 0.169 e. The first kappa shape index (κ1) is 24.3. The second kappa shape index (κ2) is 7.09. The molecule has 30 heavy (non-hydrogen) atoms. The van der Waals surface area contributed by atoms with Crippen molar-refractivity contribution in [1.82, 2.24) is 0 Å². The van der Waals surface area contributed by atoms with Crippen molar-refractivity contribution in [2.24, 2.45) is 0 Å². The minimum Gasteiger partial charge on any atom is -0.388 e. The standard InChI is InChI=1S/C22H40O8/c1-17(2,23)13-14(18(3,4)24)28-21(27-13)9-11-22(12-10-21)29-15(19(5,6)25)16(30-22)20(7,8)26/h13-16,23-26H,9-12H2,1-8H3/t13-,14-,15-,16-/m1/s1. The molecule has 176 valence electrons. The predicted octanol–water partition coefficient (Wildman–Crippen LogP) is 1.60. The van der Waals surface area contributed by atoms with E-state index in [1.165, 1.54) is 0 Å². The zero-order valence-electron chi connectivity index (χ0n) is 19.6. The maximum absolute atomic E-state index is 10.6. The summed E-state index contributed by atoms with van der Waals surface area (Å²) < 4.78 is 25.0. The number of aliphatic hydroxyl groups is 4. The molecule has 0 amide bonds. The summed E-state index contributed by atoms with van der Waals surface area (Å²) >= 11 is 0. The number of hydrogen-bond donors (Lipinski definition) is 4. The van der Waals surface area contributed by atoms with Crippen molar-refractivity contribution in [3.63, 3.8) is 0 Å². The summed E-state index contributed by atoms with van der Waals surface area (Å²) in [6, 6.07) is 0. The Morgan fingerprint density at radius 2 is 0.633 bits per heavy atom. The second-order valence-corrected chi connectivity index (χ2v) is 11.6. The first-order valence-corrected chi connectivity index (χ1v) is 10.9. The molecule has 0 aromatic heterocycles. The van der Waals surface area contributed by atoms with Crippen LogP contribution >= 0.6 is 0 Å². The highest BCUT2D eigenvalue weighted by atomic mass is 16.8. The quantitative estimate of drug-likeness (QED) is 0.529. The van der Waals surface area contributed by atoms with Gasteiger partial charge in [0.15, 0.2) is 11.6 Å². The minimum atomic E-state index is -1.19. The van der Waals surface area contributed by atoms with Gasteiger partial charge in [-0.2, -0.15) is 0 Å². The highest BCUT2D eigenvalue weighted by Gasteiger charge is 2.63. The van der Waals surface area contributed by atoms with Crippen LogP contribution in [0.3, 0.4) is 0 Å². The Labute approximate surface area is 179 Å². The highest BCUT2D eigenvalue weighted by Crippen LogP contribution is 2.52. The molecular weight excluding hydrogens is 392 g/mol. The van der Waals surface area contributed by atoms with E-state index in [1.54, 1.807) is 55.4 Å². The number of hydrogen-bond acceptors (Lipinski definition) is 8. The zero-order valence-corrected chi connectivity index (χ0v) is 19.6. The zero-order chi connectivity index (χ0) is 23.0. The first-order valence-electron chi connectivity index (χ1n) is 10.9. The molecule has 2 saturated heterocycles. The van der Waals surface area contributed by atoms with Crippen molar-refractivity contribution in [3.05, 3.63) is 0 Å². The molecule has 3 aliphatic rings. The lowest BCUT2D eigenvalue weighted by atomic mass is 9.88. The summed E-state index contributed by atoms with van der Waals surface area (Å²) in [7, 11) is 0. The molecular formula is C22H40O8.